The molecule has 0 aliphatic rings. The maximum atomic E-state index is 11.5. The van der Waals surface area contributed by atoms with Crippen LogP contribution in [0.3, 0.4) is 0 Å². The molecule has 0 saturated heterocycles. The van der Waals surface area contributed by atoms with Crippen LogP contribution in [0.4, 0.5) is 0 Å². The van der Waals surface area contributed by atoms with E-state index in [0.29, 0.717) is 0 Å². The topological polar surface area (TPSA) is 112 Å². The van der Waals surface area contributed by atoms with Gasteiger partial charge in [0, 0.05) is 4.91 Å². The number of azide groups is 1. The van der Waals surface area contributed by atoms with Gasteiger partial charge in [0.1, 0.15) is 0 Å². The molecule has 0 bridgehead atoms. The highest BCUT2D eigenvalue weighted by Gasteiger charge is 2.21. The fraction of sp³-hybridized carbons (Fsp3) is 0.200. The number of hydrogen-bond donors (Lipinski definition) is 1. The van der Waals surface area contributed by atoms with Gasteiger partial charge >= 0.3 is 11.9 Å². The summed E-state index contributed by atoms with van der Waals surface area (Å²) in [6, 6.07) is 7.95. The molecule has 0 spiro atoms. The summed E-state index contributed by atoms with van der Waals surface area (Å²) in [5.74, 6) is -2.13. The summed E-state index contributed by atoms with van der Waals surface area (Å²) in [5, 5.41) is 11.8. The largest absolute Gasteiger partial charge is 0.479 e. The van der Waals surface area contributed by atoms with Crippen LogP contribution in [-0.2, 0) is 9.53 Å². The second kappa shape index (κ2) is 6.14. The monoisotopic (exact) mass is 235 g/mol. The van der Waals surface area contributed by atoms with Crippen molar-refractivity contribution in [2.75, 3.05) is 6.54 Å². The summed E-state index contributed by atoms with van der Waals surface area (Å²) in [7, 11) is 0. The van der Waals surface area contributed by atoms with E-state index >= 15 is 0 Å². The summed E-state index contributed by atoms with van der Waals surface area (Å²) in [6.45, 7) is -0.440. The van der Waals surface area contributed by atoms with E-state index < -0.39 is 24.6 Å². The van der Waals surface area contributed by atoms with Gasteiger partial charge in [-0.3, -0.25) is 0 Å². The van der Waals surface area contributed by atoms with E-state index in [2.05, 4.69) is 10.0 Å². The molecule has 0 aliphatic carbocycles. The number of carboxylic acid groups (broad SMARTS) is 1. The molecule has 0 saturated carbocycles. The molecule has 88 valence electrons. The average Bonchev–Trinajstić information content (AvgIpc) is 2.35. The Kier molecular flexibility index (Phi) is 4.53. The molecule has 0 radical (unpaired) electrons. The Labute approximate surface area is 96.3 Å². The van der Waals surface area contributed by atoms with Crippen LogP contribution < -0.4 is 0 Å². The normalized spacial score (nSPS) is 11.1. The number of carboxylic acids is 1. The van der Waals surface area contributed by atoms with Gasteiger partial charge in [-0.15, -0.1) is 0 Å². The Balaban J connectivity index is 2.71. The Bertz CT molecular complexity index is 454. The molecule has 1 N–H and O–H groups in total. The van der Waals surface area contributed by atoms with Crippen molar-refractivity contribution >= 4 is 11.9 Å². The van der Waals surface area contributed by atoms with Crippen LogP contribution in [0.1, 0.15) is 10.4 Å². The first-order valence-corrected chi connectivity index (χ1v) is 4.65. The molecule has 1 atom stereocenters. The van der Waals surface area contributed by atoms with Crippen LogP contribution in [0, 0.1) is 0 Å². The van der Waals surface area contributed by atoms with Gasteiger partial charge in [0.05, 0.1) is 12.1 Å². The Hall–Kier alpha value is -2.53. The molecule has 1 rings (SSSR count). The smallest absolute Gasteiger partial charge is 0.345 e. The lowest BCUT2D eigenvalue weighted by molar-refractivity contribution is -0.146. The third kappa shape index (κ3) is 3.84. The number of carbonyl (C=O) groups excluding carboxylic acids is 1. The Morgan fingerprint density at radius 1 is 1.41 bits per heavy atom. The minimum Gasteiger partial charge on any atom is -0.479 e. The van der Waals surface area contributed by atoms with Gasteiger partial charge < -0.3 is 9.84 Å². The number of carbonyl (C=O) groups is 2. The molecule has 7 nitrogen and oxygen atoms in total. The van der Waals surface area contributed by atoms with Gasteiger partial charge in [0.25, 0.3) is 0 Å². The zero-order valence-corrected chi connectivity index (χ0v) is 8.68. The molecule has 7 heteroatoms. The zero-order chi connectivity index (χ0) is 12.7. The van der Waals surface area contributed by atoms with Crippen LogP contribution in [-0.4, -0.2) is 29.7 Å². The molecule has 0 aliphatic heterocycles. The van der Waals surface area contributed by atoms with E-state index in [0.717, 1.165) is 0 Å². The van der Waals surface area contributed by atoms with E-state index in [4.69, 9.17) is 15.4 Å². The van der Waals surface area contributed by atoms with Gasteiger partial charge in [-0.1, -0.05) is 23.3 Å². The summed E-state index contributed by atoms with van der Waals surface area (Å²) < 4.78 is 4.70. The number of benzene rings is 1. The van der Waals surface area contributed by atoms with Crippen molar-refractivity contribution in [2.24, 2.45) is 5.11 Å². The zero-order valence-electron chi connectivity index (χ0n) is 8.68. The minimum atomic E-state index is -1.47. The van der Waals surface area contributed by atoms with Crippen LogP contribution >= 0.6 is 0 Å². The average molecular weight is 235 g/mol. The van der Waals surface area contributed by atoms with Gasteiger partial charge in [0.2, 0.25) is 6.10 Å². The number of aliphatic carboxylic acids is 1. The van der Waals surface area contributed by atoms with Gasteiger partial charge in [-0.2, -0.15) is 0 Å². The molecule has 0 fully saturated rings. The third-order valence-corrected chi connectivity index (χ3v) is 1.84. The van der Waals surface area contributed by atoms with Gasteiger partial charge in [0.15, 0.2) is 0 Å². The second-order valence-electron chi connectivity index (χ2n) is 3.01. The predicted octanol–water partition coefficient (Wildman–Crippen LogP) is 1.61. The first-order chi connectivity index (χ1) is 8.15. The Morgan fingerprint density at radius 2 is 2.06 bits per heavy atom. The molecule has 1 aromatic rings. The molecule has 0 heterocycles. The lowest BCUT2D eigenvalue weighted by Gasteiger charge is -2.10. The molecule has 0 unspecified atom stereocenters. The number of esters is 1. The Morgan fingerprint density at radius 3 is 2.59 bits per heavy atom. The lowest BCUT2D eigenvalue weighted by atomic mass is 10.2. The van der Waals surface area contributed by atoms with Crippen LogP contribution in [0.5, 0.6) is 0 Å². The summed E-state index contributed by atoms with van der Waals surface area (Å²) in [5.41, 5.74) is 8.31. The molecule has 1 aromatic carbocycles. The van der Waals surface area contributed by atoms with E-state index in [-0.39, 0.29) is 5.56 Å². The fourth-order valence-corrected chi connectivity index (χ4v) is 1.05. The fourth-order valence-electron chi connectivity index (χ4n) is 1.05. The molecule has 0 aromatic heterocycles. The summed E-state index contributed by atoms with van der Waals surface area (Å²) in [4.78, 5) is 24.6. The molecular formula is C10H9N3O4. The van der Waals surface area contributed by atoms with E-state index in [1.807, 2.05) is 0 Å². The first kappa shape index (κ1) is 12.5. The van der Waals surface area contributed by atoms with Crippen molar-refractivity contribution < 1.29 is 19.4 Å². The standard InChI is InChI=1S/C10H9N3O4/c11-13-12-6-8(9(14)15)17-10(16)7-4-2-1-3-5-7/h1-5,8H,6H2,(H,14,15)/t8-/m1/s1. The maximum Gasteiger partial charge on any atom is 0.345 e. The van der Waals surface area contributed by atoms with Crippen LogP contribution in [0.15, 0.2) is 35.4 Å². The highest BCUT2D eigenvalue weighted by Crippen LogP contribution is 2.04. The maximum absolute atomic E-state index is 11.5. The number of rotatable bonds is 5. The first-order valence-electron chi connectivity index (χ1n) is 4.65. The van der Waals surface area contributed by atoms with E-state index in [1.54, 1.807) is 18.2 Å². The molecule has 0 amide bonds. The van der Waals surface area contributed by atoms with Gasteiger partial charge in [-0.05, 0) is 17.7 Å². The third-order valence-electron chi connectivity index (χ3n) is 1.84. The van der Waals surface area contributed by atoms with Crippen molar-refractivity contribution in [3.63, 3.8) is 0 Å². The minimum absolute atomic E-state index is 0.236. The second-order valence-corrected chi connectivity index (χ2v) is 3.01. The van der Waals surface area contributed by atoms with Crippen molar-refractivity contribution in [1.29, 1.82) is 0 Å². The lowest BCUT2D eigenvalue weighted by Crippen LogP contribution is -2.29. The highest BCUT2D eigenvalue weighted by atomic mass is 16.6. The van der Waals surface area contributed by atoms with E-state index in [1.165, 1.54) is 12.1 Å². The predicted molar refractivity (Wildman–Crippen MR) is 57.3 cm³/mol. The highest BCUT2D eigenvalue weighted by molar-refractivity contribution is 5.91. The van der Waals surface area contributed by atoms with Crippen molar-refractivity contribution in [3.8, 4) is 0 Å². The van der Waals surface area contributed by atoms with Crippen molar-refractivity contribution in [2.45, 2.75) is 6.10 Å². The number of hydrogen-bond acceptors (Lipinski definition) is 4. The van der Waals surface area contributed by atoms with Crippen LogP contribution in [0.25, 0.3) is 10.4 Å². The number of ether oxygens (including phenoxy) is 1. The SMILES string of the molecule is [N-]=[N+]=NC[C@@H](OC(=O)c1ccccc1)C(=O)O. The summed E-state index contributed by atoms with van der Waals surface area (Å²) >= 11 is 0. The molecular weight excluding hydrogens is 226 g/mol. The van der Waals surface area contributed by atoms with E-state index in [9.17, 15) is 9.59 Å². The van der Waals surface area contributed by atoms with Gasteiger partial charge in [-0.25, -0.2) is 9.59 Å². The van der Waals surface area contributed by atoms with Crippen molar-refractivity contribution in [1.82, 2.24) is 0 Å². The quantitative estimate of drug-likeness (QED) is 0.361. The summed E-state index contributed by atoms with van der Waals surface area (Å²) in [6.07, 6.45) is -1.47. The van der Waals surface area contributed by atoms with Crippen LogP contribution in [0.2, 0.25) is 0 Å². The van der Waals surface area contributed by atoms with Crippen molar-refractivity contribution in [3.05, 3.63) is 46.3 Å². The number of nitrogens with zero attached hydrogens (tertiary/aromatic N) is 3. The molecule has 17 heavy (non-hydrogen) atoms.